The third kappa shape index (κ3) is 5.55. The number of hydrogen-bond acceptors (Lipinski definition) is 8. The number of anilines is 1. The normalized spacial score (nSPS) is 10.9. The summed E-state index contributed by atoms with van der Waals surface area (Å²) in [5, 5.41) is 21.2. The number of halogens is 1. The van der Waals surface area contributed by atoms with Crippen LogP contribution < -0.4 is 10.1 Å². The Morgan fingerprint density at radius 1 is 1.06 bits per heavy atom. The van der Waals surface area contributed by atoms with E-state index in [0.29, 0.717) is 27.7 Å². The van der Waals surface area contributed by atoms with Gasteiger partial charge in [-0.15, -0.1) is 20.4 Å². The molecular weight excluding hydrogens is 463 g/mol. The molecule has 4 aromatic rings. The third-order valence-electron chi connectivity index (χ3n) is 4.61. The number of nitrogens with zero attached hydrogens (tertiary/aromatic N) is 5. The Morgan fingerprint density at radius 3 is 2.48 bits per heavy atom. The fourth-order valence-electron chi connectivity index (χ4n) is 3.04. The van der Waals surface area contributed by atoms with E-state index in [4.69, 9.17) is 4.74 Å². The molecule has 0 saturated carbocycles. The Kier molecular flexibility index (Phi) is 7.30. The quantitative estimate of drug-likeness (QED) is 0.343. The number of thioether (sulfide) groups is 1. The topological polar surface area (TPSA) is 94.8 Å². The first-order valence-electron chi connectivity index (χ1n) is 10.2. The van der Waals surface area contributed by atoms with Gasteiger partial charge in [-0.2, -0.15) is 0 Å². The van der Waals surface area contributed by atoms with Gasteiger partial charge in [-0.25, -0.2) is 4.39 Å². The summed E-state index contributed by atoms with van der Waals surface area (Å²) in [6.07, 6.45) is 0.866. The van der Waals surface area contributed by atoms with Crippen LogP contribution in [0, 0.1) is 5.82 Å². The van der Waals surface area contributed by atoms with Crippen molar-refractivity contribution in [3.8, 4) is 27.7 Å². The molecule has 1 N–H and O–H groups in total. The molecular formula is C22H21FN6O2S2. The molecule has 0 atom stereocenters. The fraction of sp³-hybridized carbons (Fsp3) is 0.227. The number of amides is 1. The number of aromatic nitrogens is 5. The number of carbonyl (C=O) groups excluding carboxylic acids is 1. The minimum atomic E-state index is -0.307. The Bertz CT molecular complexity index is 1220. The van der Waals surface area contributed by atoms with Gasteiger partial charge in [0.25, 0.3) is 0 Å². The molecule has 33 heavy (non-hydrogen) atoms. The minimum absolute atomic E-state index is 0.142. The van der Waals surface area contributed by atoms with E-state index in [9.17, 15) is 9.18 Å². The highest BCUT2D eigenvalue weighted by Gasteiger charge is 2.16. The number of carbonyl (C=O) groups is 1. The highest BCUT2D eigenvalue weighted by Crippen LogP contribution is 2.28. The standard InChI is InChI=1S/C22H21FN6O2S2/c1-3-12-29-19(14-4-8-16(23)9-5-14)25-28-22(29)32-13-18(30)24-21-27-26-20(33-21)15-6-10-17(31-2)11-7-15/h4-11H,3,12-13H2,1-2H3,(H,24,27,30). The Balaban J connectivity index is 1.40. The molecule has 4 rings (SSSR count). The van der Waals surface area contributed by atoms with Crippen LogP contribution in [0.4, 0.5) is 9.52 Å². The van der Waals surface area contributed by atoms with Gasteiger partial charge in [0.05, 0.1) is 12.9 Å². The SMILES string of the molecule is CCCn1c(SCC(=O)Nc2nnc(-c3ccc(OC)cc3)s2)nnc1-c1ccc(F)cc1. The Morgan fingerprint density at radius 2 is 1.79 bits per heavy atom. The lowest BCUT2D eigenvalue weighted by Crippen LogP contribution is -2.14. The molecule has 0 aliphatic heterocycles. The van der Waals surface area contributed by atoms with Gasteiger partial charge in [0.2, 0.25) is 11.0 Å². The van der Waals surface area contributed by atoms with Gasteiger partial charge in [-0.3, -0.25) is 10.1 Å². The van der Waals surface area contributed by atoms with Crippen molar-refractivity contribution < 1.29 is 13.9 Å². The van der Waals surface area contributed by atoms with Crippen molar-refractivity contribution in [1.29, 1.82) is 0 Å². The molecule has 8 nitrogen and oxygen atoms in total. The summed E-state index contributed by atoms with van der Waals surface area (Å²) >= 11 is 2.58. The first kappa shape index (κ1) is 22.9. The molecule has 2 heterocycles. The summed E-state index contributed by atoms with van der Waals surface area (Å²) in [4.78, 5) is 12.5. The summed E-state index contributed by atoms with van der Waals surface area (Å²) in [5.41, 5.74) is 1.66. The van der Waals surface area contributed by atoms with Crippen LogP contribution in [0.3, 0.4) is 0 Å². The van der Waals surface area contributed by atoms with E-state index < -0.39 is 0 Å². The van der Waals surface area contributed by atoms with Crippen LogP contribution in [0.1, 0.15) is 13.3 Å². The maximum atomic E-state index is 13.3. The second kappa shape index (κ2) is 10.5. The van der Waals surface area contributed by atoms with E-state index in [-0.39, 0.29) is 17.5 Å². The average molecular weight is 485 g/mol. The molecule has 0 saturated heterocycles. The van der Waals surface area contributed by atoms with Crippen LogP contribution in [0.5, 0.6) is 5.75 Å². The van der Waals surface area contributed by atoms with Crippen molar-refractivity contribution in [2.45, 2.75) is 25.0 Å². The first-order valence-corrected chi connectivity index (χ1v) is 12.0. The zero-order chi connectivity index (χ0) is 23.2. The largest absolute Gasteiger partial charge is 0.497 e. The predicted octanol–water partition coefficient (Wildman–Crippen LogP) is 4.75. The summed E-state index contributed by atoms with van der Waals surface area (Å²) in [7, 11) is 1.61. The molecule has 0 unspecified atom stereocenters. The van der Waals surface area contributed by atoms with Crippen molar-refractivity contribution in [3.05, 3.63) is 54.3 Å². The summed E-state index contributed by atoms with van der Waals surface area (Å²) in [6.45, 7) is 2.73. The molecule has 0 radical (unpaired) electrons. The van der Waals surface area contributed by atoms with E-state index in [2.05, 4.69) is 25.7 Å². The second-order valence-corrected chi connectivity index (χ2v) is 8.86. The number of rotatable bonds is 9. The second-order valence-electron chi connectivity index (χ2n) is 6.94. The number of methoxy groups -OCH3 is 1. The van der Waals surface area contributed by atoms with Crippen LogP contribution in [-0.2, 0) is 11.3 Å². The lowest BCUT2D eigenvalue weighted by molar-refractivity contribution is -0.113. The lowest BCUT2D eigenvalue weighted by atomic mass is 10.2. The zero-order valence-corrected chi connectivity index (χ0v) is 19.6. The highest BCUT2D eigenvalue weighted by molar-refractivity contribution is 7.99. The average Bonchev–Trinajstić information content (AvgIpc) is 3.46. The Hall–Kier alpha value is -3.31. The minimum Gasteiger partial charge on any atom is -0.497 e. The summed E-state index contributed by atoms with van der Waals surface area (Å²) in [5.74, 6) is 1.02. The van der Waals surface area contributed by atoms with Crippen molar-refractivity contribution in [2.75, 3.05) is 18.2 Å². The van der Waals surface area contributed by atoms with Gasteiger partial charge in [-0.05, 0) is 55.0 Å². The van der Waals surface area contributed by atoms with Crippen LogP contribution in [0.15, 0.2) is 53.7 Å². The van der Waals surface area contributed by atoms with Crippen LogP contribution >= 0.6 is 23.1 Å². The number of benzene rings is 2. The van der Waals surface area contributed by atoms with Crippen molar-refractivity contribution in [2.24, 2.45) is 0 Å². The van der Waals surface area contributed by atoms with E-state index in [0.717, 1.165) is 23.3 Å². The van der Waals surface area contributed by atoms with Gasteiger partial charge >= 0.3 is 0 Å². The lowest BCUT2D eigenvalue weighted by Gasteiger charge is -2.08. The fourth-order valence-corrected chi connectivity index (χ4v) is 4.57. The maximum Gasteiger partial charge on any atom is 0.236 e. The Labute approximate surface area is 198 Å². The van der Waals surface area contributed by atoms with E-state index in [1.807, 2.05) is 35.8 Å². The van der Waals surface area contributed by atoms with Crippen LogP contribution in [0.2, 0.25) is 0 Å². The molecule has 0 bridgehead atoms. The summed E-state index contributed by atoms with van der Waals surface area (Å²) in [6, 6.07) is 13.6. The number of hydrogen-bond donors (Lipinski definition) is 1. The number of nitrogens with one attached hydrogen (secondary N) is 1. The van der Waals surface area contributed by atoms with Crippen LogP contribution in [-0.4, -0.2) is 43.7 Å². The molecule has 0 fully saturated rings. The molecule has 0 spiro atoms. The molecule has 170 valence electrons. The predicted molar refractivity (Wildman–Crippen MR) is 127 cm³/mol. The summed E-state index contributed by atoms with van der Waals surface area (Å²) < 4.78 is 20.4. The molecule has 2 aromatic carbocycles. The first-order chi connectivity index (χ1) is 16.1. The van der Waals surface area contributed by atoms with Crippen molar-refractivity contribution in [3.63, 3.8) is 0 Å². The van der Waals surface area contributed by atoms with Gasteiger partial charge in [0.1, 0.15) is 16.6 Å². The van der Waals surface area contributed by atoms with Crippen LogP contribution in [0.25, 0.3) is 22.0 Å². The molecule has 1 amide bonds. The maximum absolute atomic E-state index is 13.3. The van der Waals surface area contributed by atoms with Crippen molar-refractivity contribution in [1.82, 2.24) is 25.0 Å². The molecule has 2 aromatic heterocycles. The zero-order valence-electron chi connectivity index (χ0n) is 18.0. The van der Waals surface area contributed by atoms with Gasteiger partial charge < -0.3 is 9.30 Å². The monoisotopic (exact) mass is 484 g/mol. The van der Waals surface area contributed by atoms with Gasteiger partial charge in [0, 0.05) is 17.7 Å². The smallest absolute Gasteiger partial charge is 0.236 e. The van der Waals surface area contributed by atoms with Crippen molar-refractivity contribution >= 4 is 34.1 Å². The van der Waals surface area contributed by atoms with E-state index in [1.165, 1.54) is 35.2 Å². The highest BCUT2D eigenvalue weighted by atomic mass is 32.2. The van der Waals surface area contributed by atoms with Gasteiger partial charge in [-0.1, -0.05) is 30.0 Å². The molecule has 0 aliphatic carbocycles. The molecule has 0 aliphatic rings. The number of ether oxygens (including phenoxy) is 1. The van der Waals surface area contributed by atoms with E-state index >= 15 is 0 Å². The van der Waals surface area contributed by atoms with Gasteiger partial charge in [0.15, 0.2) is 11.0 Å². The van der Waals surface area contributed by atoms with E-state index in [1.54, 1.807) is 19.2 Å². The third-order valence-corrected chi connectivity index (χ3v) is 6.46. The molecule has 11 heteroatoms.